The van der Waals surface area contributed by atoms with Crippen LogP contribution in [0.25, 0.3) is 0 Å². The molecule has 0 fully saturated rings. The molecule has 0 unspecified atom stereocenters. The van der Waals surface area contributed by atoms with Gasteiger partial charge in [-0.3, -0.25) is 0 Å². The van der Waals surface area contributed by atoms with Gasteiger partial charge < -0.3 is 5.32 Å². The molecule has 0 spiro atoms. The fourth-order valence-electron chi connectivity index (χ4n) is 1.85. The Kier molecular flexibility index (Phi) is 5.00. The van der Waals surface area contributed by atoms with E-state index in [4.69, 9.17) is 0 Å². The second-order valence-corrected chi connectivity index (χ2v) is 5.56. The van der Waals surface area contributed by atoms with E-state index in [0.717, 1.165) is 17.0 Å². The summed E-state index contributed by atoms with van der Waals surface area (Å²) in [5.41, 5.74) is 2.20. The topological polar surface area (TPSA) is 12.0 Å². The highest BCUT2D eigenvalue weighted by atomic mass is 32.2. The van der Waals surface area contributed by atoms with E-state index in [1.807, 2.05) is 25.1 Å². The van der Waals surface area contributed by atoms with Gasteiger partial charge in [0.1, 0.15) is 5.82 Å². The van der Waals surface area contributed by atoms with Crippen molar-refractivity contribution >= 4 is 11.8 Å². The summed E-state index contributed by atoms with van der Waals surface area (Å²) < 4.78 is 13.6. The van der Waals surface area contributed by atoms with E-state index in [1.54, 1.807) is 23.9 Å². The van der Waals surface area contributed by atoms with Gasteiger partial charge in [-0.25, -0.2) is 4.39 Å². The van der Waals surface area contributed by atoms with Crippen molar-refractivity contribution in [2.45, 2.75) is 30.2 Å². The lowest BCUT2D eigenvalue weighted by molar-refractivity contribution is 0.617. The summed E-state index contributed by atoms with van der Waals surface area (Å²) >= 11 is 1.61. The maximum atomic E-state index is 13.6. The first kappa shape index (κ1) is 14.1. The Morgan fingerprint density at radius 1 is 1.16 bits per heavy atom. The quantitative estimate of drug-likeness (QED) is 0.868. The Labute approximate surface area is 118 Å². The monoisotopic (exact) mass is 275 g/mol. The molecule has 2 aromatic rings. The molecule has 0 atom stereocenters. The van der Waals surface area contributed by atoms with Gasteiger partial charge in [0, 0.05) is 16.3 Å². The van der Waals surface area contributed by atoms with Gasteiger partial charge in [-0.2, -0.15) is 0 Å². The Morgan fingerprint density at radius 2 is 1.95 bits per heavy atom. The smallest absolute Gasteiger partial charge is 0.124 e. The van der Waals surface area contributed by atoms with Gasteiger partial charge in [-0.05, 0) is 48.9 Å². The summed E-state index contributed by atoms with van der Waals surface area (Å²) in [6.07, 6.45) is 0. The SMILES string of the molecule is CCNCc1cc(F)cc(Sc2ccccc2C)c1. The molecule has 0 amide bonds. The minimum atomic E-state index is -0.175. The lowest BCUT2D eigenvalue weighted by Gasteiger charge is -2.08. The first-order valence-electron chi connectivity index (χ1n) is 6.42. The van der Waals surface area contributed by atoms with E-state index in [2.05, 4.69) is 24.4 Å². The fraction of sp³-hybridized carbons (Fsp3) is 0.250. The highest BCUT2D eigenvalue weighted by Gasteiger charge is 2.04. The third-order valence-electron chi connectivity index (χ3n) is 2.83. The van der Waals surface area contributed by atoms with Crippen LogP contribution in [0.3, 0.4) is 0 Å². The second-order valence-electron chi connectivity index (χ2n) is 4.44. The standard InChI is InChI=1S/C16H18FNS/c1-3-18-11-13-8-14(17)10-15(9-13)19-16-7-5-4-6-12(16)2/h4-10,18H,3,11H2,1-2H3. The summed E-state index contributed by atoms with van der Waals surface area (Å²) in [7, 11) is 0. The van der Waals surface area contributed by atoms with Crippen LogP contribution in [0.4, 0.5) is 4.39 Å². The Balaban J connectivity index is 2.20. The largest absolute Gasteiger partial charge is 0.313 e. The molecule has 0 aliphatic rings. The molecular formula is C16H18FNS. The predicted octanol–water partition coefficient (Wildman–Crippen LogP) is 4.39. The molecule has 2 rings (SSSR count). The molecular weight excluding hydrogens is 257 g/mol. The van der Waals surface area contributed by atoms with E-state index in [-0.39, 0.29) is 5.82 Å². The summed E-state index contributed by atoms with van der Waals surface area (Å²) in [6, 6.07) is 13.4. The summed E-state index contributed by atoms with van der Waals surface area (Å²) in [4.78, 5) is 2.12. The molecule has 1 N–H and O–H groups in total. The van der Waals surface area contributed by atoms with E-state index in [1.165, 1.54) is 10.5 Å². The number of aryl methyl sites for hydroxylation is 1. The highest BCUT2D eigenvalue weighted by Crippen LogP contribution is 2.31. The van der Waals surface area contributed by atoms with Gasteiger partial charge >= 0.3 is 0 Å². The normalized spacial score (nSPS) is 10.7. The predicted molar refractivity (Wildman–Crippen MR) is 79.1 cm³/mol. The van der Waals surface area contributed by atoms with Crippen LogP contribution in [0, 0.1) is 12.7 Å². The van der Waals surface area contributed by atoms with Crippen molar-refractivity contribution in [1.82, 2.24) is 5.32 Å². The van der Waals surface area contributed by atoms with Gasteiger partial charge in [0.25, 0.3) is 0 Å². The van der Waals surface area contributed by atoms with Crippen LogP contribution in [0.1, 0.15) is 18.1 Å². The molecule has 1 nitrogen and oxygen atoms in total. The minimum Gasteiger partial charge on any atom is -0.313 e. The summed E-state index contributed by atoms with van der Waals surface area (Å²) in [6.45, 7) is 5.70. The molecule has 2 aromatic carbocycles. The van der Waals surface area contributed by atoms with Crippen LogP contribution in [-0.4, -0.2) is 6.54 Å². The van der Waals surface area contributed by atoms with Gasteiger partial charge in [-0.1, -0.05) is 36.9 Å². The molecule has 3 heteroatoms. The zero-order valence-corrected chi connectivity index (χ0v) is 12.1. The number of nitrogens with one attached hydrogen (secondary N) is 1. The van der Waals surface area contributed by atoms with Crippen molar-refractivity contribution in [3.63, 3.8) is 0 Å². The van der Waals surface area contributed by atoms with Crippen molar-refractivity contribution in [1.29, 1.82) is 0 Å². The lowest BCUT2D eigenvalue weighted by atomic mass is 10.2. The van der Waals surface area contributed by atoms with Crippen molar-refractivity contribution in [3.05, 3.63) is 59.4 Å². The first-order valence-corrected chi connectivity index (χ1v) is 7.24. The minimum absolute atomic E-state index is 0.175. The van der Waals surface area contributed by atoms with Gasteiger partial charge in [0.15, 0.2) is 0 Å². The molecule has 0 radical (unpaired) electrons. The van der Waals surface area contributed by atoms with Crippen LogP contribution in [-0.2, 0) is 6.54 Å². The first-order chi connectivity index (χ1) is 9.19. The Bertz CT molecular complexity index is 554. The lowest BCUT2D eigenvalue weighted by Crippen LogP contribution is -2.11. The number of benzene rings is 2. The number of hydrogen-bond donors (Lipinski definition) is 1. The van der Waals surface area contributed by atoms with Crippen LogP contribution >= 0.6 is 11.8 Å². The number of rotatable bonds is 5. The third-order valence-corrected chi connectivity index (χ3v) is 3.98. The van der Waals surface area contributed by atoms with Crippen LogP contribution < -0.4 is 5.32 Å². The fourth-order valence-corrected chi connectivity index (χ4v) is 2.86. The average Bonchev–Trinajstić information content (AvgIpc) is 2.38. The maximum absolute atomic E-state index is 13.6. The molecule has 0 bridgehead atoms. The molecule has 100 valence electrons. The zero-order valence-electron chi connectivity index (χ0n) is 11.2. The number of hydrogen-bond acceptors (Lipinski definition) is 2. The average molecular weight is 275 g/mol. The van der Waals surface area contributed by atoms with Crippen LogP contribution in [0.2, 0.25) is 0 Å². The molecule has 0 aliphatic heterocycles. The van der Waals surface area contributed by atoms with Crippen molar-refractivity contribution < 1.29 is 4.39 Å². The summed E-state index contributed by atoms with van der Waals surface area (Å²) in [5, 5.41) is 3.22. The molecule has 0 aliphatic carbocycles. The summed E-state index contributed by atoms with van der Waals surface area (Å²) in [5.74, 6) is -0.175. The Morgan fingerprint density at radius 3 is 2.68 bits per heavy atom. The molecule has 0 heterocycles. The molecule has 19 heavy (non-hydrogen) atoms. The van der Waals surface area contributed by atoms with E-state index in [9.17, 15) is 4.39 Å². The molecule has 0 aromatic heterocycles. The van der Waals surface area contributed by atoms with Gasteiger partial charge in [0.05, 0.1) is 0 Å². The number of halogens is 1. The van der Waals surface area contributed by atoms with Crippen LogP contribution in [0.5, 0.6) is 0 Å². The van der Waals surface area contributed by atoms with E-state index >= 15 is 0 Å². The van der Waals surface area contributed by atoms with E-state index in [0.29, 0.717) is 6.54 Å². The third kappa shape index (κ3) is 4.08. The Hall–Kier alpha value is -1.32. The van der Waals surface area contributed by atoms with Crippen molar-refractivity contribution in [3.8, 4) is 0 Å². The maximum Gasteiger partial charge on any atom is 0.124 e. The molecule has 0 saturated heterocycles. The molecule has 0 saturated carbocycles. The van der Waals surface area contributed by atoms with E-state index < -0.39 is 0 Å². The zero-order chi connectivity index (χ0) is 13.7. The second kappa shape index (κ2) is 6.73. The highest BCUT2D eigenvalue weighted by molar-refractivity contribution is 7.99. The van der Waals surface area contributed by atoms with Crippen molar-refractivity contribution in [2.24, 2.45) is 0 Å². The van der Waals surface area contributed by atoms with Gasteiger partial charge in [0.2, 0.25) is 0 Å². The van der Waals surface area contributed by atoms with Gasteiger partial charge in [-0.15, -0.1) is 0 Å². The van der Waals surface area contributed by atoms with Crippen LogP contribution in [0.15, 0.2) is 52.3 Å². The van der Waals surface area contributed by atoms with Crippen molar-refractivity contribution in [2.75, 3.05) is 6.54 Å².